The van der Waals surface area contributed by atoms with E-state index in [1.165, 1.54) is 37.7 Å². The normalized spacial score (nSPS) is 17.3. The van der Waals surface area contributed by atoms with Crippen LogP contribution in [-0.4, -0.2) is 19.2 Å². The Hall–Kier alpha value is -1.02. The van der Waals surface area contributed by atoms with Crippen molar-refractivity contribution in [2.24, 2.45) is 5.92 Å². The van der Waals surface area contributed by atoms with Gasteiger partial charge in [-0.1, -0.05) is 31.9 Å². The zero-order valence-electron chi connectivity index (χ0n) is 13.0. The van der Waals surface area contributed by atoms with Gasteiger partial charge in [-0.3, -0.25) is 0 Å². The second-order valence-electron chi connectivity index (χ2n) is 6.06. The highest BCUT2D eigenvalue weighted by Gasteiger charge is 2.24. The molecule has 0 saturated heterocycles. The summed E-state index contributed by atoms with van der Waals surface area (Å²) in [6, 6.07) is 8.98. The Labute approximate surface area is 123 Å². The lowest BCUT2D eigenvalue weighted by Crippen LogP contribution is -2.37. The number of ether oxygens (including phenoxy) is 1. The first-order valence-corrected chi connectivity index (χ1v) is 8.22. The summed E-state index contributed by atoms with van der Waals surface area (Å²) in [5.74, 6) is 1.87. The lowest BCUT2D eigenvalue weighted by Gasteiger charge is -2.24. The fourth-order valence-electron chi connectivity index (χ4n) is 3.20. The van der Waals surface area contributed by atoms with Crippen LogP contribution in [0.3, 0.4) is 0 Å². The molecule has 1 aliphatic carbocycles. The number of hydrogen-bond acceptors (Lipinski definition) is 2. The first-order chi connectivity index (χ1) is 9.79. The van der Waals surface area contributed by atoms with Gasteiger partial charge in [0.25, 0.3) is 0 Å². The largest absolute Gasteiger partial charge is 0.494 e. The molecule has 20 heavy (non-hydrogen) atoms. The van der Waals surface area contributed by atoms with E-state index in [9.17, 15) is 0 Å². The Kier molecular flexibility index (Phi) is 6.38. The number of aryl methyl sites for hydroxylation is 1. The molecule has 1 unspecified atom stereocenters. The van der Waals surface area contributed by atoms with Crippen LogP contribution in [0.25, 0.3) is 0 Å². The zero-order chi connectivity index (χ0) is 14.2. The Bertz CT molecular complexity index is 385. The zero-order valence-corrected chi connectivity index (χ0v) is 13.0. The first kappa shape index (κ1) is 15.4. The van der Waals surface area contributed by atoms with Gasteiger partial charge in [-0.05, 0) is 62.8 Å². The van der Waals surface area contributed by atoms with Gasteiger partial charge in [0.05, 0.1) is 6.61 Å². The van der Waals surface area contributed by atoms with Crippen LogP contribution in [0.4, 0.5) is 0 Å². The van der Waals surface area contributed by atoms with Crippen molar-refractivity contribution >= 4 is 0 Å². The molecule has 0 bridgehead atoms. The molecule has 0 amide bonds. The van der Waals surface area contributed by atoms with Gasteiger partial charge >= 0.3 is 0 Å². The van der Waals surface area contributed by atoms with Crippen molar-refractivity contribution in [1.82, 2.24) is 5.32 Å². The summed E-state index contributed by atoms with van der Waals surface area (Å²) in [6.45, 7) is 6.30. The highest BCUT2D eigenvalue weighted by atomic mass is 16.5. The average Bonchev–Trinajstić information content (AvgIpc) is 2.96. The lowest BCUT2D eigenvalue weighted by atomic mass is 9.95. The van der Waals surface area contributed by atoms with Crippen molar-refractivity contribution in [3.8, 4) is 5.75 Å². The summed E-state index contributed by atoms with van der Waals surface area (Å²) in [5, 5.41) is 3.73. The second kappa shape index (κ2) is 8.31. The fraction of sp³-hybridized carbons (Fsp3) is 0.667. The molecule has 0 aromatic heterocycles. The van der Waals surface area contributed by atoms with Crippen LogP contribution >= 0.6 is 0 Å². The molecule has 2 heteroatoms. The molecule has 1 aromatic rings. The van der Waals surface area contributed by atoms with Crippen LogP contribution < -0.4 is 10.1 Å². The molecule has 1 aliphatic rings. The minimum Gasteiger partial charge on any atom is -0.494 e. The summed E-state index contributed by atoms with van der Waals surface area (Å²) < 4.78 is 5.92. The summed E-state index contributed by atoms with van der Waals surface area (Å²) in [7, 11) is 0. The van der Waals surface area contributed by atoms with Gasteiger partial charge in [0.2, 0.25) is 0 Å². The van der Waals surface area contributed by atoms with E-state index in [0.717, 1.165) is 31.2 Å². The third-order valence-corrected chi connectivity index (χ3v) is 4.31. The maximum absolute atomic E-state index is 5.92. The van der Waals surface area contributed by atoms with Gasteiger partial charge in [-0.15, -0.1) is 0 Å². The SMILES string of the molecule is CCCNC(CCOc1cccc(C)c1)C1CCCC1. The predicted molar refractivity (Wildman–Crippen MR) is 85.3 cm³/mol. The Balaban J connectivity index is 1.78. The summed E-state index contributed by atoms with van der Waals surface area (Å²) in [6.07, 6.45) is 7.94. The maximum Gasteiger partial charge on any atom is 0.119 e. The van der Waals surface area contributed by atoms with Crippen molar-refractivity contribution in [2.75, 3.05) is 13.2 Å². The Morgan fingerprint density at radius 2 is 2.10 bits per heavy atom. The Morgan fingerprint density at radius 3 is 2.80 bits per heavy atom. The molecule has 1 N–H and O–H groups in total. The fourth-order valence-corrected chi connectivity index (χ4v) is 3.20. The predicted octanol–water partition coefficient (Wildman–Crippen LogP) is 4.32. The molecule has 2 nitrogen and oxygen atoms in total. The molecular formula is C18H29NO. The smallest absolute Gasteiger partial charge is 0.119 e. The summed E-state index contributed by atoms with van der Waals surface area (Å²) in [4.78, 5) is 0. The number of hydrogen-bond donors (Lipinski definition) is 1. The number of nitrogens with one attached hydrogen (secondary N) is 1. The number of benzene rings is 1. The molecule has 1 saturated carbocycles. The van der Waals surface area contributed by atoms with Crippen LogP contribution in [0.5, 0.6) is 5.75 Å². The van der Waals surface area contributed by atoms with E-state index in [4.69, 9.17) is 4.74 Å². The molecular weight excluding hydrogens is 246 g/mol. The first-order valence-electron chi connectivity index (χ1n) is 8.22. The van der Waals surface area contributed by atoms with Crippen LogP contribution in [0.2, 0.25) is 0 Å². The van der Waals surface area contributed by atoms with Crippen molar-refractivity contribution in [3.63, 3.8) is 0 Å². The average molecular weight is 275 g/mol. The summed E-state index contributed by atoms with van der Waals surface area (Å²) >= 11 is 0. The topological polar surface area (TPSA) is 21.3 Å². The maximum atomic E-state index is 5.92. The molecule has 112 valence electrons. The van der Waals surface area contributed by atoms with Crippen LogP contribution in [0.1, 0.15) is 51.0 Å². The van der Waals surface area contributed by atoms with Gasteiger partial charge < -0.3 is 10.1 Å². The van der Waals surface area contributed by atoms with Crippen molar-refractivity contribution < 1.29 is 4.74 Å². The molecule has 1 atom stereocenters. The van der Waals surface area contributed by atoms with Crippen molar-refractivity contribution in [1.29, 1.82) is 0 Å². The van der Waals surface area contributed by atoms with Gasteiger partial charge in [0.15, 0.2) is 0 Å². The van der Waals surface area contributed by atoms with E-state index in [1.807, 2.05) is 0 Å². The van der Waals surface area contributed by atoms with Crippen LogP contribution in [-0.2, 0) is 0 Å². The third kappa shape index (κ3) is 4.82. The summed E-state index contributed by atoms with van der Waals surface area (Å²) in [5.41, 5.74) is 1.26. The highest BCUT2D eigenvalue weighted by Crippen LogP contribution is 2.29. The quantitative estimate of drug-likeness (QED) is 0.763. The van der Waals surface area contributed by atoms with Crippen LogP contribution in [0, 0.1) is 12.8 Å². The third-order valence-electron chi connectivity index (χ3n) is 4.31. The van der Waals surface area contributed by atoms with E-state index < -0.39 is 0 Å². The second-order valence-corrected chi connectivity index (χ2v) is 6.06. The monoisotopic (exact) mass is 275 g/mol. The van der Waals surface area contributed by atoms with Gasteiger partial charge in [0, 0.05) is 6.04 Å². The molecule has 2 rings (SSSR count). The van der Waals surface area contributed by atoms with Crippen LogP contribution in [0.15, 0.2) is 24.3 Å². The lowest BCUT2D eigenvalue weighted by molar-refractivity contribution is 0.251. The van der Waals surface area contributed by atoms with E-state index in [2.05, 4.69) is 43.4 Å². The van der Waals surface area contributed by atoms with E-state index in [-0.39, 0.29) is 0 Å². The number of rotatable bonds is 8. The molecule has 0 spiro atoms. The van der Waals surface area contributed by atoms with Crippen molar-refractivity contribution in [2.45, 2.75) is 58.4 Å². The molecule has 0 aliphatic heterocycles. The van der Waals surface area contributed by atoms with E-state index in [1.54, 1.807) is 0 Å². The molecule has 0 radical (unpaired) electrons. The molecule has 0 heterocycles. The Morgan fingerprint density at radius 1 is 1.30 bits per heavy atom. The molecule has 1 aromatic carbocycles. The van der Waals surface area contributed by atoms with Gasteiger partial charge in [0.1, 0.15) is 5.75 Å². The minimum absolute atomic E-state index is 0.641. The minimum atomic E-state index is 0.641. The van der Waals surface area contributed by atoms with E-state index >= 15 is 0 Å². The van der Waals surface area contributed by atoms with Gasteiger partial charge in [-0.25, -0.2) is 0 Å². The molecule has 1 fully saturated rings. The highest BCUT2D eigenvalue weighted by molar-refractivity contribution is 5.27. The van der Waals surface area contributed by atoms with E-state index in [0.29, 0.717) is 6.04 Å². The van der Waals surface area contributed by atoms with Crippen molar-refractivity contribution in [3.05, 3.63) is 29.8 Å². The van der Waals surface area contributed by atoms with Gasteiger partial charge in [-0.2, -0.15) is 0 Å². The standard InChI is InChI=1S/C18H29NO/c1-3-12-19-18(16-8-4-5-9-16)11-13-20-17-10-6-7-15(2)14-17/h6-7,10,14,16,18-19H,3-5,8-9,11-13H2,1-2H3.